The predicted molar refractivity (Wildman–Crippen MR) is 67.7 cm³/mol. The molecule has 1 aliphatic heterocycles. The molecule has 1 saturated carbocycles. The van der Waals surface area contributed by atoms with Crippen molar-refractivity contribution in [2.45, 2.75) is 18.9 Å². The molecule has 82 valence electrons. The Labute approximate surface area is 103 Å². The Balaban J connectivity index is 2.07. The van der Waals surface area contributed by atoms with Crippen LogP contribution in [0.1, 0.15) is 18.4 Å². The maximum absolute atomic E-state index is 8.99. The number of hydrogen-bond acceptors (Lipinski definition) is 3. The smallest absolute Gasteiger partial charge is 0.100 e. The Morgan fingerprint density at radius 1 is 1.44 bits per heavy atom. The maximum Gasteiger partial charge on any atom is 0.100 e. The van der Waals surface area contributed by atoms with E-state index in [1.807, 2.05) is 6.07 Å². The summed E-state index contributed by atoms with van der Waals surface area (Å²) in [7, 11) is 0. The fraction of sp³-hybridized carbons (Fsp3) is 0.417. The molecule has 4 heteroatoms. The fourth-order valence-electron chi connectivity index (χ4n) is 2.22. The Morgan fingerprint density at radius 3 is 2.94 bits per heavy atom. The van der Waals surface area contributed by atoms with Gasteiger partial charge in [-0.15, -0.1) is 0 Å². The lowest BCUT2D eigenvalue weighted by Gasteiger charge is -2.32. The highest BCUT2D eigenvalue weighted by molar-refractivity contribution is 9.10. The van der Waals surface area contributed by atoms with Gasteiger partial charge in [0.25, 0.3) is 0 Å². The zero-order valence-electron chi connectivity index (χ0n) is 8.83. The average molecular weight is 278 g/mol. The molecule has 0 amide bonds. The molecule has 16 heavy (non-hydrogen) atoms. The molecular formula is C12H12BrN3. The van der Waals surface area contributed by atoms with Crippen LogP contribution in [0.25, 0.3) is 0 Å². The molecule has 0 bridgehead atoms. The van der Waals surface area contributed by atoms with Gasteiger partial charge >= 0.3 is 0 Å². The largest absolute Gasteiger partial charge is 0.382 e. The first-order chi connectivity index (χ1) is 7.79. The van der Waals surface area contributed by atoms with E-state index in [0.717, 1.165) is 29.3 Å². The van der Waals surface area contributed by atoms with Crippen molar-refractivity contribution >= 4 is 27.3 Å². The van der Waals surface area contributed by atoms with Crippen LogP contribution in [-0.2, 0) is 0 Å². The third-order valence-corrected chi connectivity index (χ3v) is 3.83. The lowest BCUT2D eigenvalue weighted by Crippen LogP contribution is -2.35. The number of rotatable bonds is 1. The molecule has 0 spiro atoms. The van der Waals surface area contributed by atoms with Crippen LogP contribution in [0.5, 0.6) is 0 Å². The van der Waals surface area contributed by atoms with Gasteiger partial charge in [0.1, 0.15) is 6.07 Å². The summed E-state index contributed by atoms with van der Waals surface area (Å²) >= 11 is 3.46. The van der Waals surface area contributed by atoms with E-state index in [1.165, 1.54) is 18.5 Å². The van der Waals surface area contributed by atoms with Crippen LogP contribution in [0, 0.1) is 11.3 Å². The molecule has 1 N–H and O–H groups in total. The van der Waals surface area contributed by atoms with Crippen LogP contribution < -0.4 is 10.2 Å². The second-order valence-electron chi connectivity index (χ2n) is 4.31. The van der Waals surface area contributed by atoms with E-state index in [-0.39, 0.29) is 0 Å². The van der Waals surface area contributed by atoms with E-state index in [0.29, 0.717) is 5.56 Å². The van der Waals surface area contributed by atoms with Crippen molar-refractivity contribution in [3.05, 3.63) is 22.2 Å². The van der Waals surface area contributed by atoms with E-state index in [9.17, 15) is 0 Å². The number of nitrogens with one attached hydrogen (secondary N) is 1. The third kappa shape index (κ3) is 1.56. The molecule has 0 atom stereocenters. The average Bonchev–Trinajstić information content (AvgIpc) is 3.11. The lowest BCUT2D eigenvalue weighted by molar-refractivity contribution is 0.782. The van der Waals surface area contributed by atoms with Gasteiger partial charge in [0, 0.05) is 23.6 Å². The normalized spacial score (nSPS) is 18.6. The first-order valence-electron chi connectivity index (χ1n) is 5.54. The van der Waals surface area contributed by atoms with Crippen molar-refractivity contribution in [3.8, 4) is 6.07 Å². The summed E-state index contributed by atoms with van der Waals surface area (Å²) in [5, 5.41) is 12.3. The van der Waals surface area contributed by atoms with E-state index < -0.39 is 0 Å². The summed E-state index contributed by atoms with van der Waals surface area (Å²) in [5.41, 5.74) is 3.03. The van der Waals surface area contributed by atoms with Gasteiger partial charge in [-0.05, 0) is 40.9 Å². The SMILES string of the molecule is N#Cc1cc2c(cc1Br)N(C1CC1)CCN2. The van der Waals surface area contributed by atoms with Crippen LogP contribution in [0.2, 0.25) is 0 Å². The molecule has 1 fully saturated rings. The van der Waals surface area contributed by atoms with E-state index in [2.05, 4.69) is 38.3 Å². The first-order valence-corrected chi connectivity index (χ1v) is 6.33. The van der Waals surface area contributed by atoms with Crippen LogP contribution in [0.3, 0.4) is 0 Å². The minimum absolute atomic E-state index is 0.698. The van der Waals surface area contributed by atoms with Gasteiger partial charge in [0.2, 0.25) is 0 Å². The quantitative estimate of drug-likeness (QED) is 0.858. The summed E-state index contributed by atoms with van der Waals surface area (Å²) in [6.45, 7) is 2.03. The summed E-state index contributed by atoms with van der Waals surface area (Å²) in [6.07, 6.45) is 2.61. The van der Waals surface area contributed by atoms with E-state index >= 15 is 0 Å². The Kier molecular flexibility index (Phi) is 2.29. The molecular weight excluding hydrogens is 266 g/mol. The molecule has 2 aliphatic rings. The zero-order chi connectivity index (χ0) is 11.1. The number of nitriles is 1. The molecule has 0 unspecified atom stereocenters. The minimum atomic E-state index is 0.698. The minimum Gasteiger partial charge on any atom is -0.382 e. The number of hydrogen-bond donors (Lipinski definition) is 1. The Hall–Kier alpha value is -1.21. The fourth-order valence-corrected chi connectivity index (χ4v) is 2.64. The molecule has 0 saturated heterocycles. The van der Waals surface area contributed by atoms with Crippen LogP contribution >= 0.6 is 15.9 Å². The number of nitrogens with zero attached hydrogens (tertiary/aromatic N) is 2. The predicted octanol–water partition coefficient (Wildman–Crippen LogP) is 2.72. The third-order valence-electron chi connectivity index (χ3n) is 3.17. The molecule has 1 aromatic carbocycles. The van der Waals surface area contributed by atoms with Crippen molar-refractivity contribution < 1.29 is 0 Å². The molecule has 1 aromatic rings. The van der Waals surface area contributed by atoms with Crippen molar-refractivity contribution in [1.82, 2.24) is 0 Å². The van der Waals surface area contributed by atoms with Crippen molar-refractivity contribution in [3.63, 3.8) is 0 Å². The van der Waals surface area contributed by atoms with Gasteiger partial charge < -0.3 is 10.2 Å². The topological polar surface area (TPSA) is 39.1 Å². The summed E-state index contributed by atoms with van der Waals surface area (Å²) in [4.78, 5) is 2.46. The Bertz CT molecular complexity index is 474. The van der Waals surface area contributed by atoms with Gasteiger partial charge in [0.05, 0.1) is 16.9 Å². The molecule has 3 nitrogen and oxygen atoms in total. The van der Waals surface area contributed by atoms with E-state index in [4.69, 9.17) is 5.26 Å². The number of benzene rings is 1. The van der Waals surface area contributed by atoms with Gasteiger partial charge in [-0.3, -0.25) is 0 Å². The maximum atomic E-state index is 8.99. The molecule has 3 rings (SSSR count). The van der Waals surface area contributed by atoms with Crippen molar-refractivity contribution in [2.24, 2.45) is 0 Å². The number of anilines is 2. The van der Waals surface area contributed by atoms with Gasteiger partial charge in [-0.25, -0.2) is 0 Å². The summed E-state index contributed by atoms with van der Waals surface area (Å²) in [5.74, 6) is 0. The van der Waals surface area contributed by atoms with Crippen molar-refractivity contribution in [1.29, 1.82) is 5.26 Å². The molecule has 0 radical (unpaired) electrons. The van der Waals surface area contributed by atoms with Crippen LogP contribution in [0.4, 0.5) is 11.4 Å². The zero-order valence-corrected chi connectivity index (χ0v) is 10.4. The van der Waals surface area contributed by atoms with Gasteiger partial charge in [0.15, 0.2) is 0 Å². The first kappa shape index (κ1) is 9.98. The van der Waals surface area contributed by atoms with E-state index in [1.54, 1.807) is 0 Å². The highest BCUT2D eigenvalue weighted by Gasteiger charge is 2.32. The Morgan fingerprint density at radius 2 is 2.25 bits per heavy atom. The lowest BCUT2D eigenvalue weighted by atomic mass is 10.1. The van der Waals surface area contributed by atoms with Crippen LogP contribution in [-0.4, -0.2) is 19.1 Å². The summed E-state index contributed by atoms with van der Waals surface area (Å²) in [6, 6.07) is 6.93. The second kappa shape index (κ2) is 3.67. The number of halogens is 1. The highest BCUT2D eigenvalue weighted by atomic mass is 79.9. The second-order valence-corrected chi connectivity index (χ2v) is 5.17. The monoisotopic (exact) mass is 277 g/mol. The number of fused-ring (bicyclic) bond motifs is 1. The summed E-state index contributed by atoms with van der Waals surface area (Å²) < 4.78 is 0.892. The standard InChI is InChI=1S/C12H12BrN3/c13-10-6-12-11(5-8(10)7-14)15-3-4-16(12)9-1-2-9/h5-6,9,15H,1-4H2. The molecule has 1 aliphatic carbocycles. The molecule has 0 aromatic heterocycles. The van der Waals surface area contributed by atoms with Gasteiger partial charge in [-0.1, -0.05) is 0 Å². The highest BCUT2D eigenvalue weighted by Crippen LogP contribution is 2.40. The van der Waals surface area contributed by atoms with Crippen LogP contribution in [0.15, 0.2) is 16.6 Å². The molecule has 1 heterocycles. The van der Waals surface area contributed by atoms with Crippen molar-refractivity contribution in [2.75, 3.05) is 23.3 Å². The van der Waals surface area contributed by atoms with Gasteiger partial charge in [-0.2, -0.15) is 5.26 Å².